The van der Waals surface area contributed by atoms with E-state index in [1.807, 2.05) is 0 Å². The van der Waals surface area contributed by atoms with E-state index in [1.165, 1.54) is 6.07 Å². The summed E-state index contributed by atoms with van der Waals surface area (Å²) in [4.78, 5) is 18.3. The third-order valence-corrected chi connectivity index (χ3v) is 3.93. The first kappa shape index (κ1) is 19.5. The lowest BCUT2D eigenvalue weighted by Gasteiger charge is -2.31. The van der Waals surface area contributed by atoms with Crippen molar-refractivity contribution < 1.29 is 9.90 Å². The number of piperidine rings is 1. The van der Waals surface area contributed by atoms with E-state index in [-0.39, 0.29) is 41.2 Å². The first-order chi connectivity index (χ1) is 10.6. The molecule has 1 aromatic carbocycles. The number of nitrogens with zero attached hydrogens (tertiary/aromatic N) is 2. The summed E-state index contributed by atoms with van der Waals surface area (Å²) in [7, 11) is 0. The number of aromatic hydroxyl groups is 1. The van der Waals surface area contributed by atoms with Gasteiger partial charge in [0.25, 0.3) is 5.91 Å². The van der Waals surface area contributed by atoms with Gasteiger partial charge in [-0.15, -0.1) is 24.0 Å². The number of nitrogens with one attached hydrogen (secondary N) is 1. The molecule has 1 saturated heterocycles. The number of amides is 1. The van der Waals surface area contributed by atoms with Crippen molar-refractivity contribution in [1.29, 1.82) is 0 Å². The summed E-state index contributed by atoms with van der Waals surface area (Å²) in [6, 6.07) is 6.46. The molecule has 0 spiro atoms. The molecule has 23 heavy (non-hydrogen) atoms. The summed E-state index contributed by atoms with van der Waals surface area (Å²) in [6.07, 6.45) is 2.28. The number of rotatable bonds is 4. The average Bonchev–Trinajstić information content (AvgIpc) is 2.52. The van der Waals surface area contributed by atoms with Crippen LogP contribution in [0.25, 0.3) is 0 Å². The molecule has 0 unspecified atom stereocenters. The average molecular weight is 432 g/mol. The van der Waals surface area contributed by atoms with Gasteiger partial charge in [0, 0.05) is 19.6 Å². The topological polar surface area (TPSA) is 91.0 Å². The number of carbonyl (C=O) groups excluding carboxylic acids is 1. The van der Waals surface area contributed by atoms with E-state index in [2.05, 4.69) is 22.1 Å². The molecule has 1 aliphatic rings. The fourth-order valence-corrected chi connectivity index (χ4v) is 2.44. The Bertz CT molecular complexity index is 543. The maximum Gasteiger partial charge on any atom is 0.255 e. The summed E-state index contributed by atoms with van der Waals surface area (Å²) in [6.45, 7) is 4.95. The van der Waals surface area contributed by atoms with Crippen LogP contribution in [0.3, 0.4) is 0 Å². The number of benzene rings is 1. The lowest BCUT2D eigenvalue weighted by Crippen LogP contribution is -2.42. The van der Waals surface area contributed by atoms with E-state index < -0.39 is 0 Å². The first-order valence-electron chi connectivity index (χ1n) is 7.69. The monoisotopic (exact) mass is 432 g/mol. The highest BCUT2D eigenvalue weighted by Crippen LogP contribution is 2.16. The second kappa shape index (κ2) is 9.59. The standard InChI is InChI=1S/C16H24N4O2.HI/c1-12-6-10-20(11-7-12)16(17)19-9-8-18-15(22)13-4-2-3-5-14(13)21;/h2-5,12,21H,6-11H2,1H3,(H2,17,19)(H,18,22);1H. The summed E-state index contributed by atoms with van der Waals surface area (Å²) in [5, 5.41) is 12.3. The summed E-state index contributed by atoms with van der Waals surface area (Å²) in [5.41, 5.74) is 6.24. The van der Waals surface area contributed by atoms with Crippen LogP contribution < -0.4 is 11.1 Å². The smallest absolute Gasteiger partial charge is 0.255 e. The maximum atomic E-state index is 11.9. The summed E-state index contributed by atoms with van der Waals surface area (Å²) < 4.78 is 0. The van der Waals surface area contributed by atoms with Gasteiger partial charge in [-0.1, -0.05) is 19.1 Å². The van der Waals surface area contributed by atoms with Crippen molar-refractivity contribution in [2.75, 3.05) is 26.2 Å². The largest absolute Gasteiger partial charge is 0.507 e. The number of likely N-dealkylation sites (tertiary alicyclic amines) is 1. The molecule has 1 aliphatic heterocycles. The molecule has 1 amide bonds. The highest BCUT2D eigenvalue weighted by Gasteiger charge is 2.16. The second-order valence-electron chi connectivity index (χ2n) is 5.68. The van der Waals surface area contributed by atoms with Crippen molar-refractivity contribution in [3.63, 3.8) is 0 Å². The van der Waals surface area contributed by atoms with E-state index in [4.69, 9.17) is 5.73 Å². The van der Waals surface area contributed by atoms with Gasteiger partial charge in [-0.3, -0.25) is 9.79 Å². The van der Waals surface area contributed by atoms with Gasteiger partial charge in [0.1, 0.15) is 5.75 Å². The Morgan fingerprint density at radius 3 is 2.70 bits per heavy atom. The van der Waals surface area contributed by atoms with Crippen LogP contribution in [0.1, 0.15) is 30.1 Å². The Morgan fingerprint density at radius 1 is 1.39 bits per heavy atom. The number of carbonyl (C=O) groups is 1. The van der Waals surface area contributed by atoms with Gasteiger partial charge in [-0.25, -0.2) is 0 Å². The molecule has 1 aromatic rings. The molecule has 0 bridgehead atoms. The minimum absolute atomic E-state index is 0. The van der Waals surface area contributed by atoms with E-state index >= 15 is 0 Å². The number of para-hydroxylation sites is 1. The van der Waals surface area contributed by atoms with Crippen LogP contribution in [0.4, 0.5) is 0 Å². The van der Waals surface area contributed by atoms with Crippen LogP contribution >= 0.6 is 24.0 Å². The minimum atomic E-state index is -0.307. The number of guanidine groups is 1. The number of phenolic OH excluding ortho intramolecular Hbond substituents is 1. The molecule has 7 heteroatoms. The highest BCUT2D eigenvalue weighted by molar-refractivity contribution is 14.0. The van der Waals surface area contributed by atoms with Crippen LogP contribution in [0.5, 0.6) is 5.75 Å². The van der Waals surface area contributed by atoms with E-state index in [9.17, 15) is 9.90 Å². The zero-order valence-corrected chi connectivity index (χ0v) is 15.7. The number of halogens is 1. The van der Waals surface area contributed by atoms with Crippen LogP contribution in [-0.2, 0) is 0 Å². The fourth-order valence-electron chi connectivity index (χ4n) is 2.44. The molecular formula is C16H25IN4O2. The molecule has 1 heterocycles. The first-order valence-corrected chi connectivity index (χ1v) is 7.69. The summed E-state index contributed by atoms with van der Waals surface area (Å²) >= 11 is 0. The van der Waals surface area contributed by atoms with Gasteiger partial charge in [-0.05, 0) is 30.9 Å². The normalized spacial score (nSPS) is 15.9. The molecule has 0 saturated carbocycles. The quantitative estimate of drug-likeness (QED) is 0.293. The lowest BCUT2D eigenvalue weighted by molar-refractivity contribution is 0.0952. The van der Waals surface area contributed by atoms with Gasteiger partial charge in [0.05, 0.1) is 12.1 Å². The van der Waals surface area contributed by atoms with Gasteiger partial charge in [0.15, 0.2) is 5.96 Å². The van der Waals surface area contributed by atoms with E-state index in [1.54, 1.807) is 18.2 Å². The Kier molecular flexibility index (Phi) is 8.15. The van der Waals surface area contributed by atoms with Gasteiger partial charge in [0.2, 0.25) is 0 Å². The number of aliphatic imine (C=N–C) groups is 1. The van der Waals surface area contributed by atoms with Crippen molar-refractivity contribution in [3.8, 4) is 5.75 Å². The van der Waals surface area contributed by atoms with Gasteiger partial charge < -0.3 is 21.1 Å². The number of phenols is 1. The zero-order chi connectivity index (χ0) is 15.9. The lowest BCUT2D eigenvalue weighted by atomic mass is 10.00. The molecule has 6 nitrogen and oxygen atoms in total. The van der Waals surface area contributed by atoms with Crippen LogP contribution in [0.15, 0.2) is 29.3 Å². The van der Waals surface area contributed by atoms with E-state index in [0.29, 0.717) is 19.0 Å². The SMILES string of the molecule is CC1CCN(C(N)=NCCNC(=O)c2ccccc2O)CC1.I. The van der Waals surface area contributed by atoms with Crippen molar-refractivity contribution in [2.24, 2.45) is 16.6 Å². The number of hydrogen-bond acceptors (Lipinski definition) is 3. The molecular weight excluding hydrogens is 407 g/mol. The fraction of sp³-hybridized carbons (Fsp3) is 0.500. The summed E-state index contributed by atoms with van der Waals surface area (Å²) in [5.74, 6) is 0.967. The van der Waals surface area contributed by atoms with Crippen molar-refractivity contribution in [1.82, 2.24) is 10.2 Å². The van der Waals surface area contributed by atoms with Crippen LogP contribution in [-0.4, -0.2) is 48.1 Å². The molecule has 4 N–H and O–H groups in total. The zero-order valence-electron chi connectivity index (χ0n) is 13.4. The predicted octanol–water partition coefficient (Wildman–Crippen LogP) is 1.79. The van der Waals surface area contributed by atoms with Crippen LogP contribution in [0.2, 0.25) is 0 Å². The molecule has 0 radical (unpaired) electrons. The van der Waals surface area contributed by atoms with Crippen molar-refractivity contribution >= 4 is 35.8 Å². The highest BCUT2D eigenvalue weighted by atomic mass is 127. The number of nitrogens with two attached hydrogens (primary N) is 1. The van der Waals surface area contributed by atoms with E-state index in [0.717, 1.165) is 31.8 Å². The third kappa shape index (κ3) is 5.89. The molecule has 1 fully saturated rings. The Balaban J connectivity index is 0.00000264. The van der Waals surface area contributed by atoms with Crippen LogP contribution in [0, 0.1) is 5.92 Å². The second-order valence-corrected chi connectivity index (χ2v) is 5.68. The predicted molar refractivity (Wildman–Crippen MR) is 102 cm³/mol. The Morgan fingerprint density at radius 2 is 2.04 bits per heavy atom. The number of hydrogen-bond donors (Lipinski definition) is 3. The van der Waals surface area contributed by atoms with Gasteiger partial charge in [-0.2, -0.15) is 0 Å². The Hall–Kier alpha value is -1.51. The van der Waals surface area contributed by atoms with Gasteiger partial charge >= 0.3 is 0 Å². The maximum absolute atomic E-state index is 11.9. The third-order valence-electron chi connectivity index (χ3n) is 3.93. The minimum Gasteiger partial charge on any atom is -0.507 e. The Labute approximate surface area is 154 Å². The molecule has 0 aliphatic carbocycles. The molecule has 0 atom stereocenters. The molecule has 0 aromatic heterocycles. The van der Waals surface area contributed by atoms with Crippen molar-refractivity contribution in [3.05, 3.63) is 29.8 Å². The molecule has 128 valence electrons. The van der Waals surface area contributed by atoms with Crippen molar-refractivity contribution in [2.45, 2.75) is 19.8 Å². The molecule has 2 rings (SSSR count).